The summed E-state index contributed by atoms with van der Waals surface area (Å²) in [6.45, 7) is 7.08. The summed E-state index contributed by atoms with van der Waals surface area (Å²) in [6.07, 6.45) is 4.34. The molecule has 1 aliphatic rings. The number of nitrogens with one attached hydrogen (secondary N) is 1. The number of carbonyl (C=O) groups excluding carboxylic acids is 1. The largest absolute Gasteiger partial charge is 0.349 e. The van der Waals surface area contributed by atoms with Crippen molar-refractivity contribution in [2.45, 2.75) is 50.0 Å². The van der Waals surface area contributed by atoms with Crippen molar-refractivity contribution in [1.29, 1.82) is 0 Å². The van der Waals surface area contributed by atoms with Crippen molar-refractivity contribution >= 4 is 15.9 Å². The number of pyridine rings is 1. The van der Waals surface area contributed by atoms with Crippen LogP contribution in [0.5, 0.6) is 0 Å². The van der Waals surface area contributed by atoms with E-state index in [9.17, 15) is 13.2 Å². The Balaban J connectivity index is 1.61. The minimum Gasteiger partial charge on any atom is -0.349 e. The number of amides is 1. The standard InChI is InChI=1S/C21H27N3O3S/c1-21(2,3)17-4-6-19(7-5-17)28(26,27)24-14-10-18(11-15-24)23-20(25)16-8-12-22-13-9-16/h4-9,12-13,18H,10-11,14-15H2,1-3H3,(H,23,25). The Morgan fingerprint density at radius 2 is 1.61 bits per heavy atom. The molecule has 0 unspecified atom stereocenters. The number of piperidine rings is 1. The number of nitrogens with zero attached hydrogens (tertiary/aromatic N) is 2. The van der Waals surface area contributed by atoms with Gasteiger partial charge in [-0.1, -0.05) is 32.9 Å². The number of carbonyl (C=O) groups is 1. The topological polar surface area (TPSA) is 79.4 Å². The van der Waals surface area contributed by atoms with E-state index in [0.717, 1.165) is 5.56 Å². The molecule has 3 rings (SSSR count). The molecule has 1 aromatic heterocycles. The predicted molar refractivity (Wildman–Crippen MR) is 109 cm³/mol. The Morgan fingerprint density at radius 3 is 2.14 bits per heavy atom. The van der Waals surface area contributed by atoms with Crippen molar-refractivity contribution in [1.82, 2.24) is 14.6 Å². The molecule has 0 aliphatic carbocycles. The Labute approximate surface area is 167 Å². The van der Waals surface area contributed by atoms with E-state index in [4.69, 9.17) is 0 Å². The number of benzene rings is 1. The fraction of sp³-hybridized carbons (Fsp3) is 0.429. The SMILES string of the molecule is CC(C)(C)c1ccc(S(=O)(=O)N2CCC(NC(=O)c3ccncc3)CC2)cc1. The van der Waals surface area contributed by atoms with Gasteiger partial charge in [0, 0.05) is 37.1 Å². The molecule has 1 aromatic carbocycles. The first-order valence-corrected chi connectivity index (χ1v) is 10.9. The molecule has 0 atom stereocenters. The number of sulfonamides is 1. The third kappa shape index (κ3) is 4.59. The zero-order chi connectivity index (χ0) is 20.4. The second-order valence-corrected chi connectivity index (χ2v) is 10.1. The predicted octanol–water partition coefficient (Wildman–Crippen LogP) is 2.96. The first kappa shape index (κ1) is 20.5. The summed E-state index contributed by atoms with van der Waals surface area (Å²) in [5, 5.41) is 2.98. The van der Waals surface area contributed by atoms with Crippen LogP contribution in [0.2, 0.25) is 0 Å². The van der Waals surface area contributed by atoms with Gasteiger partial charge in [-0.2, -0.15) is 4.31 Å². The van der Waals surface area contributed by atoms with Crippen LogP contribution in [0.4, 0.5) is 0 Å². The van der Waals surface area contributed by atoms with Crippen molar-refractivity contribution in [3.63, 3.8) is 0 Å². The summed E-state index contributed by atoms with van der Waals surface area (Å²) in [6, 6.07) is 10.4. The summed E-state index contributed by atoms with van der Waals surface area (Å²) < 4.78 is 27.4. The molecule has 1 aliphatic heterocycles. The summed E-state index contributed by atoms with van der Waals surface area (Å²) in [5.41, 5.74) is 1.64. The molecule has 0 bridgehead atoms. The molecule has 0 radical (unpaired) electrons. The fourth-order valence-corrected chi connectivity index (χ4v) is 4.76. The fourth-order valence-electron chi connectivity index (χ4n) is 3.29. The summed E-state index contributed by atoms with van der Waals surface area (Å²) in [7, 11) is -3.52. The molecular weight excluding hydrogens is 374 g/mol. The van der Waals surface area contributed by atoms with E-state index in [2.05, 4.69) is 31.1 Å². The zero-order valence-electron chi connectivity index (χ0n) is 16.6. The third-order valence-corrected chi connectivity index (χ3v) is 7.00. The van der Waals surface area contributed by atoms with Gasteiger partial charge in [0.1, 0.15) is 0 Å². The van der Waals surface area contributed by atoms with Gasteiger partial charge in [-0.15, -0.1) is 0 Å². The molecule has 1 saturated heterocycles. The van der Waals surface area contributed by atoms with Crippen LogP contribution in [0.15, 0.2) is 53.7 Å². The van der Waals surface area contributed by atoms with Crippen molar-refractivity contribution in [3.8, 4) is 0 Å². The highest BCUT2D eigenvalue weighted by molar-refractivity contribution is 7.89. The lowest BCUT2D eigenvalue weighted by molar-refractivity contribution is 0.0923. The smallest absolute Gasteiger partial charge is 0.251 e. The lowest BCUT2D eigenvalue weighted by atomic mass is 9.87. The first-order chi connectivity index (χ1) is 13.2. The summed E-state index contributed by atoms with van der Waals surface area (Å²) in [5.74, 6) is -0.151. The van der Waals surface area contributed by atoms with Crippen LogP contribution < -0.4 is 5.32 Å². The second kappa shape index (κ2) is 8.01. The average Bonchev–Trinajstić information content (AvgIpc) is 2.68. The summed E-state index contributed by atoms with van der Waals surface area (Å²) in [4.78, 5) is 16.5. The molecule has 150 valence electrons. The van der Waals surface area contributed by atoms with Crippen molar-refractivity contribution in [3.05, 3.63) is 59.9 Å². The molecule has 1 fully saturated rings. The maximum Gasteiger partial charge on any atom is 0.251 e. The zero-order valence-corrected chi connectivity index (χ0v) is 17.4. The van der Waals surface area contributed by atoms with Crippen LogP contribution in [-0.2, 0) is 15.4 Å². The first-order valence-electron chi connectivity index (χ1n) is 9.49. The second-order valence-electron chi connectivity index (χ2n) is 8.16. The quantitative estimate of drug-likeness (QED) is 0.854. The van der Waals surface area contributed by atoms with Crippen LogP contribution in [0.1, 0.15) is 49.5 Å². The average molecular weight is 402 g/mol. The number of hydrogen-bond acceptors (Lipinski definition) is 4. The lowest BCUT2D eigenvalue weighted by Crippen LogP contribution is -2.46. The van der Waals surface area contributed by atoms with E-state index >= 15 is 0 Å². The van der Waals surface area contributed by atoms with Gasteiger partial charge in [-0.3, -0.25) is 9.78 Å². The van der Waals surface area contributed by atoms with Crippen LogP contribution >= 0.6 is 0 Å². The lowest BCUT2D eigenvalue weighted by Gasteiger charge is -2.31. The maximum absolute atomic E-state index is 12.9. The van der Waals surface area contributed by atoms with Crippen molar-refractivity contribution in [2.75, 3.05) is 13.1 Å². The van der Waals surface area contributed by atoms with E-state index < -0.39 is 10.0 Å². The molecule has 2 aromatic rings. The van der Waals surface area contributed by atoms with Gasteiger partial charge in [0.2, 0.25) is 10.0 Å². The Kier molecular flexibility index (Phi) is 5.86. The molecular formula is C21H27N3O3S. The van der Waals surface area contributed by atoms with E-state index in [0.29, 0.717) is 36.4 Å². The van der Waals surface area contributed by atoms with Gasteiger partial charge >= 0.3 is 0 Å². The Bertz CT molecular complexity index is 912. The molecule has 1 N–H and O–H groups in total. The number of aromatic nitrogens is 1. The van der Waals surface area contributed by atoms with Gasteiger partial charge in [-0.05, 0) is 48.1 Å². The minimum absolute atomic E-state index is 0.0202. The maximum atomic E-state index is 12.9. The van der Waals surface area contributed by atoms with Gasteiger partial charge < -0.3 is 5.32 Å². The highest BCUT2D eigenvalue weighted by Crippen LogP contribution is 2.26. The van der Waals surface area contributed by atoms with Gasteiger partial charge in [-0.25, -0.2) is 8.42 Å². The monoisotopic (exact) mass is 401 g/mol. The molecule has 1 amide bonds. The molecule has 2 heterocycles. The molecule has 0 saturated carbocycles. The Morgan fingerprint density at radius 1 is 1.04 bits per heavy atom. The van der Waals surface area contributed by atoms with Crippen LogP contribution in [-0.4, -0.2) is 42.7 Å². The Hall–Kier alpha value is -2.25. The van der Waals surface area contributed by atoms with Crippen LogP contribution in [0.3, 0.4) is 0 Å². The number of hydrogen-bond donors (Lipinski definition) is 1. The molecule has 6 nitrogen and oxygen atoms in total. The highest BCUT2D eigenvalue weighted by Gasteiger charge is 2.30. The van der Waals surface area contributed by atoms with Gasteiger partial charge in [0.15, 0.2) is 0 Å². The van der Waals surface area contributed by atoms with Crippen LogP contribution in [0, 0.1) is 0 Å². The van der Waals surface area contributed by atoms with Crippen molar-refractivity contribution < 1.29 is 13.2 Å². The molecule has 7 heteroatoms. The van der Waals surface area contributed by atoms with Gasteiger partial charge in [0.25, 0.3) is 5.91 Å². The summed E-state index contributed by atoms with van der Waals surface area (Å²) >= 11 is 0. The van der Waals surface area contributed by atoms with E-state index in [1.54, 1.807) is 36.7 Å². The van der Waals surface area contributed by atoms with Crippen LogP contribution in [0.25, 0.3) is 0 Å². The normalized spacial score (nSPS) is 16.7. The van der Waals surface area contributed by atoms with E-state index in [1.807, 2.05) is 12.1 Å². The van der Waals surface area contributed by atoms with E-state index in [1.165, 1.54) is 4.31 Å². The highest BCUT2D eigenvalue weighted by atomic mass is 32.2. The molecule has 28 heavy (non-hydrogen) atoms. The number of rotatable bonds is 4. The van der Waals surface area contributed by atoms with Gasteiger partial charge in [0.05, 0.1) is 4.90 Å². The third-order valence-electron chi connectivity index (χ3n) is 5.09. The minimum atomic E-state index is -3.52. The van der Waals surface area contributed by atoms with E-state index in [-0.39, 0.29) is 17.4 Å². The molecule has 0 spiro atoms. The van der Waals surface area contributed by atoms with Crippen molar-refractivity contribution in [2.24, 2.45) is 0 Å².